The quantitative estimate of drug-likeness (QED) is 0.592. The fourth-order valence-electron chi connectivity index (χ4n) is 1.65. The van der Waals surface area contributed by atoms with E-state index in [1.807, 2.05) is 12.2 Å². The van der Waals surface area contributed by atoms with Crippen LogP contribution < -0.4 is 0 Å². The van der Waals surface area contributed by atoms with Crippen molar-refractivity contribution in [1.82, 2.24) is 4.90 Å². The molecular formula is C10H17NO. The minimum absolute atomic E-state index is 0.149. The second-order valence-corrected chi connectivity index (χ2v) is 3.20. The zero-order valence-corrected chi connectivity index (χ0v) is 7.75. The lowest BCUT2D eigenvalue weighted by atomic mass is 10.1. The third-order valence-electron chi connectivity index (χ3n) is 2.42. The molecule has 68 valence electrons. The Kier molecular flexibility index (Phi) is 3.06. The lowest BCUT2D eigenvalue weighted by molar-refractivity contribution is -0.0664. The van der Waals surface area contributed by atoms with Crippen molar-refractivity contribution >= 4 is 0 Å². The van der Waals surface area contributed by atoms with Crippen molar-refractivity contribution in [2.75, 3.05) is 20.2 Å². The van der Waals surface area contributed by atoms with E-state index < -0.39 is 0 Å². The van der Waals surface area contributed by atoms with Crippen molar-refractivity contribution < 1.29 is 4.74 Å². The highest BCUT2D eigenvalue weighted by atomic mass is 16.5. The van der Waals surface area contributed by atoms with Gasteiger partial charge in [-0.15, -0.1) is 13.2 Å². The summed E-state index contributed by atoms with van der Waals surface area (Å²) in [4.78, 5) is 2.23. The smallest absolute Gasteiger partial charge is 0.128 e. The van der Waals surface area contributed by atoms with Crippen LogP contribution in [0.25, 0.3) is 0 Å². The summed E-state index contributed by atoms with van der Waals surface area (Å²) in [7, 11) is 2.08. The van der Waals surface area contributed by atoms with E-state index in [4.69, 9.17) is 4.74 Å². The number of ether oxygens (including phenoxy) is 1. The number of hydrogen-bond acceptors (Lipinski definition) is 2. The summed E-state index contributed by atoms with van der Waals surface area (Å²) < 4.78 is 5.72. The van der Waals surface area contributed by atoms with Crippen molar-refractivity contribution in [3.63, 3.8) is 0 Å². The molecule has 1 rings (SSSR count). The van der Waals surface area contributed by atoms with Crippen LogP contribution in [0.2, 0.25) is 0 Å². The zero-order valence-electron chi connectivity index (χ0n) is 7.75. The van der Waals surface area contributed by atoms with Gasteiger partial charge in [-0.2, -0.15) is 0 Å². The summed E-state index contributed by atoms with van der Waals surface area (Å²) >= 11 is 0. The Morgan fingerprint density at radius 3 is 2.33 bits per heavy atom. The molecule has 0 spiro atoms. The van der Waals surface area contributed by atoms with Gasteiger partial charge < -0.3 is 4.74 Å². The molecule has 0 atom stereocenters. The minimum Gasteiger partial charge on any atom is -0.358 e. The van der Waals surface area contributed by atoms with Gasteiger partial charge in [0.05, 0.1) is 6.61 Å². The molecule has 0 amide bonds. The van der Waals surface area contributed by atoms with E-state index in [-0.39, 0.29) is 5.72 Å². The van der Waals surface area contributed by atoms with Gasteiger partial charge in [-0.25, -0.2) is 0 Å². The summed E-state index contributed by atoms with van der Waals surface area (Å²) in [5.74, 6) is 0. The van der Waals surface area contributed by atoms with Gasteiger partial charge in [0.1, 0.15) is 5.72 Å². The maximum atomic E-state index is 5.72. The molecule has 0 radical (unpaired) electrons. The van der Waals surface area contributed by atoms with Crippen LogP contribution in [-0.2, 0) is 4.74 Å². The van der Waals surface area contributed by atoms with Crippen molar-refractivity contribution in [3.05, 3.63) is 25.3 Å². The Hall–Kier alpha value is -0.600. The van der Waals surface area contributed by atoms with Gasteiger partial charge in [-0.3, -0.25) is 4.90 Å². The molecule has 0 aliphatic carbocycles. The molecule has 0 saturated carbocycles. The highest BCUT2D eigenvalue weighted by Crippen LogP contribution is 2.29. The van der Waals surface area contributed by atoms with Crippen LogP contribution in [0.3, 0.4) is 0 Å². The molecule has 0 aromatic heterocycles. The summed E-state index contributed by atoms with van der Waals surface area (Å²) in [6.45, 7) is 9.31. The first-order valence-electron chi connectivity index (χ1n) is 4.32. The lowest BCUT2D eigenvalue weighted by Gasteiger charge is -2.32. The molecule has 2 nitrogen and oxygen atoms in total. The van der Waals surface area contributed by atoms with Gasteiger partial charge in [0.15, 0.2) is 0 Å². The molecule has 0 unspecified atom stereocenters. The Bertz CT molecular complexity index is 167. The van der Waals surface area contributed by atoms with Gasteiger partial charge in [0, 0.05) is 19.4 Å². The number of likely N-dealkylation sites (N-methyl/N-ethyl adjacent to an activating group) is 1. The number of nitrogens with zero attached hydrogens (tertiary/aromatic N) is 1. The first-order valence-corrected chi connectivity index (χ1v) is 4.32. The number of rotatable bonds is 4. The van der Waals surface area contributed by atoms with Crippen molar-refractivity contribution in [1.29, 1.82) is 0 Å². The van der Waals surface area contributed by atoms with Crippen LogP contribution in [0.15, 0.2) is 25.3 Å². The molecule has 2 heteroatoms. The second kappa shape index (κ2) is 3.87. The predicted octanol–water partition coefficient (Wildman–Crippen LogP) is 1.80. The summed E-state index contributed by atoms with van der Waals surface area (Å²) in [5.41, 5.74) is -0.149. The molecule has 1 aliphatic rings. The first kappa shape index (κ1) is 9.49. The fourth-order valence-corrected chi connectivity index (χ4v) is 1.65. The van der Waals surface area contributed by atoms with Gasteiger partial charge in [0.25, 0.3) is 0 Å². The van der Waals surface area contributed by atoms with Gasteiger partial charge >= 0.3 is 0 Å². The third kappa shape index (κ3) is 1.59. The predicted molar refractivity (Wildman–Crippen MR) is 50.9 cm³/mol. The van der Waals surface area contributed by atoms with E-state index in [0.717, 1.165) is 26.0 Å². The monoisotopic (exact) mass is 167 g/mol. The summed E-state index contributed by atoms with van der Waals surface area (Å²) in [6, 6.07) is 0. The van der Waals surface area contributed by atoms with E-state index >= 15 is 0 Å². The highest BCUT2D eigenvalue weighted by molar-refractivity contribution is 4.95. The lowest BCUT2D eigenvalue weighted by Crippen LogP contribution is -2.41. The standard InChI is InChI=1S/C10H17NO/c1-4-6-10(7-5-2)11(3)8-9-12-10/h4-5H,1-2,6-9H2,3H3. The van der Waals surface area contributed by atoms with Crippen LogP contribution in [0.4, 0.5) is 0 Å². The second-order valence-electron chi connectivity index (χ2n) is 3.20. The minimum atomic E-state index is -0.149. The SMILES string of the molecule is C=CCC1(CC=C)OCCN1C. The van der Waals surface area contributed by atoms with E-state index in [2.05, 4.69) is 25.1 Å². The normalized spacial score (nSPS) is 22.4. The van der Waals surface area contributed by atoms with Crippen LogP contribution >= 0.6 is 0 Å². The highest BCUT2D eigenvalue weighted by Gasteiger charge is 2.37. The molecular weight excluding hydrogens is 150 g/mol. The van der Waals surface area contributed by atoms with Crippen LogP contribution in [-0.4, -0.2) is 30.8 Å². The molecule has 1 aliphatic heterocycles. The Morgan fingerprint density at radius 2 is 2.00 bits per heavy atom. The molecule has 0 aromatic rings. The zero-order chi connectivity index (χ0) is 9.03. The molecule has 1 fully saturated rings. The molecule has 1 heterocycles. The van der Waals surface area contributed by atoms with Gasteiger partial charge in [-0.1, -0.05) is 12.2 Å². The first-order chi connectivity index (χ1) is 5.75. The average Bonchev–Trinajstić information content (AvgIpc) is 2.35. The van der Waals surface area contributed by atoms with Crippen molar-refractivity contribution in [2.45, 2.75) is 18.6 Å². The Labute approximate surface area is 74.5 Å². The van der Waals surface area contributed by atoms with E-state index in [1.54, 1.807) is 0 Å². The van der Waals surface area contributed by atoms with Crippen LogP contribution in [0, 0.1) is 0 Å². The Balaban J connectivity index is 2.69. The molecule has 12 heavy (non-hydrogen) atoms. The van der Waals surface area contributed by atoms with E-state index in [1.165, 1.54) is 0 Å². The van der Waals surface area contributed by atoms with Crippen LogP contribution in [0.1, 0.15) is 12.8 Å². The molecule has 0 N–H and O–H groups in total. The maximum Gasteiger partial charge on any atom is 0.128 e. The van der Waals surface area contributed by atoms with E-state index in [0.29, 0.717) is 0 Å². The van der Waals surface area contributed by atoms with Gasteiger partial charge in [0.2, 0.25) is 0 Å². The summed E-state index contributed by atoms with van der Waals surface area (Å²) in [6.07, 6.45) is 5.56. The molecule has 0 bridgehead atoms. The van der Waals surface area contributed by atoms with Gasteiger partial charge in [-0.05, 0) is 7.05 Å². The van der Waals surface area contributed by atoms with Crippen molar-refractivity contribution in [2.24, 2.45) is 0 Å². The third-order valence-corrected chi connectivity index (χ3v) is 2.42. The fraction of sp³-hybridized carbons (Fsp3) is 0.600. The maximum absolute atomic E-state index is 5.72. The summed E-state index contributed by atoms with van der Waals surface area (Å²) in [5, 5.41) is 0. The largest absolute Gasteiger partial charge is 0.358 e. The topological polar surface area (TPSA) is 12.5 Å². The average molecular weight is 167 g/mol. The van der Waals surface area contributed by atoms with E-state index in [9.17, 15) is 0 Å². The van der Waals surface area contributed by atoms with Crippen LogP contribution in [0.5, 0.6) is 0 Å². The molecule has 1 saturated heterocycles. The van der Waals surface area contributed by atoms with Crippen molar-refractivity contribution in [3.8, 4) is 0 Å². The number of hydrogen-bond donors (Lipinski definition) is 0. The molecule has 0 aromatic carbocycles. The Morgan fingerprint density at radius 1 is 1.42 bits per heavy atom.